The summed E-state index contributed by atoms with van der Waals surface area (Å²) in [7, 11) is 2.15. The van der Waals surface area contributed by atoms with Gasteiger partial charge in [-0.25, -0.2) is 0 Å². The molecule has 0 amide bonds. The maximum Gasteiger partial charge on any atom is 0.137 e. The quantitative estimate of drug-likeness (QED) is 0.853. The van der Waals surface area contributed by atoms with Crippen LogP contribution in [0.2, 0.25) is 0 Å². The zero-order valence-electron chi connectivity index (χ0n) is 15.0. The van der Waals surface area contributed by atoms with Gasteiger partial charge in [0.1, 0.15) is 12.3 Å². The molecular weight excluding hydrogens is 312 g/mol. The van der Waals surface area contributed by atoms with Crippen LogP contribution >= 0.6 is 0 Å². The number of benzene rings is 2. The van der Waals surface area contributed by atoms with Crippen molar-refractivity contribution in [2.75, 3.05) is 38.3 Å². The maximum absolute atomic E-state index is 6.44. The van der Waals surface area contributed by atoms with E-state index in [0.717, 1.165) is 26.3 Å². The third kappa shape index (κ3) is 3.30. The van der Waals surface area contributed by atoms with Crippen molar-refractivity contribution >= 4 is 5.69 Å². The first-order valence-corrected chi connectivity index (χ1v) is 9.09. The molecule has 4 rings (SSSR count). The lowest BCUT2D eigenvalue weighted by Crippen LogP contribution is -2.36. The van der Waals surface area contributed by atoms with Gasteiger partial charge in [0.2, 0.25) is 0 Å². The fourth-order valence-electron chi connectivity index (χ4n) is 3.76. The van der Waals surface area contributed by atoms with Crippen LogP contribution in [-0.2, 0) is 9.47 Å². The predicted molar refractivity (Wildman–Crippen MR) is 99.7 cm³/mol. The van der Waals surface area contributed by atoms with Gasteiger partial charge in [-0.1, -0.05) is 42.5 Å². The second-order valence-corrected chi connectivity index (χ2v) is 6.92. The molecule has 2 aromatic rings. The van der Waals surface area contributed by atoms with E-state index in [1.807, 2.05) is 0 Å². The Labute approximate surface area is 150 Å². The summed E-state index contributed by atoms with van der Waals surface area (Å²) in [5.74, 6) is 0. The van der Waals surface area contributed by atoms with E-state index in [2.05, 4.69) is 78.4 Å². The Kier molecular flexibility index (Phi) is 4.75. The van der Waals surface area contributed by atoms with Crippen molar-refractivity contribution in [3.05, 3.63) is 65.7 Å². The minimum absolute atomic E-state index is 0.000977. The van der Waals surface area contributed by atoms with E-state index in [4.69, 9.17) is 9.47 Å². The Morgan fingerprint density at radius 1 is 0.880 bits per heavy atom. The lowest BCUT2D eigenvalue weighted by Gasteiger charge is -2.29. The number of rotatable bonds is 3. The largest absolute Gasteiger partial charge is 0.378 e. The molecule has 0 bridgehead atoms. The van der Waals surface area contributed by atoms with Crippen LogP contribution in [0.4, 0.5) is 5.69 Å². The molecule has 132 valence electrons. The highest BCUT2D eigenvalue weighted by Crippen LogP contribution is 2.41. The molecule has 0 aromatic heterocycles. The molecular formula is C21H26N2O2. The van der Waals surface area contributed by atoms with Crippen LogP contribution < -0.4 is 4.90 Å². The molecule has 4 nitrogen and oxygen atoms in total. The van der Waals surface area contributed by atoms with Crippen LogP contribution in [0.25, 0.3) is 0 Å². The van der Waals surface area contributed by atoms with Crippen LogP contribution in [0.5, 0.6) is 0 Å². The Balaban J connectivity index is 1.51. The Morgan fingerprint density at radius 2 is 1.56 bits per heavy atom. The van der Waals surface area contributed by atoms with Crippen LogP contribution in [-0.4, -0.2) is 44.3 Å². The molecule has 4 heteroatoms. The molecule has 0 radical (unpaired) electrons. The van der Waals surface area contributed by atoms with Crippen molar-refractivity contribution in [2.24, 2.45) is 0 Å². The lowest BCUT2D eigenvalue weighted by molar-refractivity contribution is 0.00560. The average Bonchev–Trinajstić information content (AvgIpc) is 2.98. The standard InChI is InChI=1S/C21H26N2O2/c1-16-20(17-6-4-3-5-7-17)25-21(22(16)2)18-8-10-19(11-9-18)23-12-14-24-15-13-23/h3-11,16,20-21H,12-15H2,1-2H3/t16-,20+,21+/m1/s1. The first kappa shape index (κ1) is 16.6. The maximum atomic E-state index is 6.44. The molecule has 0 N–H and O–H groups in total. The third-order valence-electron chi connectivity index (χ3n) is 5.41. The lowest BCUT2D eigenvalue weighted by atomic mass is 10.0. The van der Waals surface area contributed by atoms with Crippen LogP contribution in [0, 0.1) is 0 Å². The molecule has 2 heterocycles. The van der Waals surface area contributed by atoms with Crippen molar-refractivity contribution in [3.63, 3.8) is 0 Å². The summed E-state index contributed by atoms with van der Waals surface area (Å²) in [5.41, 5.74) is 3.72. The van der Waals surface area contributed by atoms with Crippen molar-refractivity contribution in [1.29, 1.82) is 0 Å². The molecule has 2 aliphatic rings. The summed E-state index contributed by atoms with van der Waals surface area (Å²) in [6.07, 6.45) is 0.106. The SMILES string of the molecule is C[C@@H]1[C@@H](c2ccccc2)O[C@@H](c2ccc(N3CCOCC3)cc2)N1C. The number of hydrogen-bond donors (Lipinski definition) is 0. The molecule has 2 saturated heterocycles. The van der Waals surface area contributed by atoms with E-state index in [1.54, 1.807) is 0 Å². The highest BCUT2D eigenvalue weighted by Gasteiger charge is 2.38. The van der Waals surface area contributed by atoms with Gasteiger partial charge in [-0.15, -0.1) is 0 Å². The van der Waals surface area contributed by atoms with Gasteiger partial charge in [0.15, 0.2) is 0 Å². The first-order chi connectivity index (χ1) is 12.2. The molecule has 0 saturated carbocycles. The van der Waals surface area contributed by atoms with E-state index in [1.165, 1.54) is 16.8 Å². The number of hydrogen-bond acceptors (Lipinski definition) is 4. The number of likely N-dealkylation sites (N-methyl/N-ethyl adjacent to an activating group) is 1. The average molecular weight is 338 g/mol. The van der Waals surface area contributed by atoms with Crippen molar-refractivity contribution in [3.8, 4) is 0 Å². The topological polar surface area (TPSA) is 24.9 Å². The predicted octanol–water partition coefficient (Wildman–Crippen LogP) is 3.61. The fourth-order valence-corrected chi connectivity index (χ4v) is 3.76. The van der Waals surface area contributed by atoms with E-state index in [-0.39, 0.29) is 12.3 Å². The molecule has 0 unspecified atom stereocenters. The fraction of sp³-hybridized carbons (Fsp3) is 0.429. The summed E-state index contributed by atoms with van der Waals surface area (Å²) in [6.45, 7) is 5.79. The highest BCUT2D eigenvalue weighted by atomic mass is 16.5. The number of ether oxygens (including phenoxy) is 2. The van der Waals surface area contributed by atoms with Gasteiger partial charge in [-0.05, 0) is 37.2 Å². The molecule has 0 aliphatic carbocycles. The first-order valence-electron chi connectivity index (χ1n) is 9.09. The summed E-state index contributed by atoms with van der Waals surface area (Å²) in [5, 5.41) is 0. The van der Waals surface area contributed by atoms with Gasteiger partial charge < -0.3 is 14.4 Å². The van der Waals surface area contributed by atoms with Gasteiger partial charge >= 0.3 is 0 Å². The number of nitrogens with zero attached hydrogens (tertiary/aromatic N) is 2. The molecule has 2 fully saturated rings. The molecule has 3 atom stereocenters. The summed E-state index contributed by atoms with van der Waals surface area (Å²) in [4.78, 5) is 4.70. The number of anilines is 1. The minimum Gasteiger partial charge on any atom is -0.378 e. The van der Waals surface area contributed by atoms with Gasteiger partial charge in [-0.3, -0.25) is 4.90 Å². The van der Waals surface area contributed by atoms with Gasteiger partial charge in [0.05, 0.1) is 13.2 Å². The third-order valence-corrected chi connectivity index (χ3v) is 5.41. The van der Waals surface area contributed by atoms with E-state index in [0.29, 0.717) is 6.04 Å². The second kappa shape index (κ2) is 7.16. The van der Waals surface area contributed by atoms with Gasteiger partial charge in [0, 0.05) is 24.8 Å². The van der Waals surface area contributed by atoms with Gasteiger partial charge in [0.25, 0.3) is 0 Å². The van der Waals surface area contributed by atoms with Gasteiger partial charge in [-0.2, -0.15) is 0 Å². The minimum atomic E-state index is -0.000977. The Morgan fingerprint density at radius 3 is 2.24 bits per heavy atom. The highest BCUT2D eigenvalue weighted by molar-refractivity contribution is 5.48. The van der Waals surface area contributed by atoms with Crippen molar-refractivity contribution in [2.45, 2.75) is 25.3 Å². The number of morpholine rings is 1. The summed E-state index contributed by atoms with van der Waals surface area (Å²) < 4.78 is 11.9. The zero-order valence-corrected chi connectivity index (χ0v) is 15.0. The Bertz CT molecular complexity index is 683. The Hall–Kier alpha value is -1.88. The van der Waals surface area contributed by atoms with E-state index >= 15 is 0 Å². The molecule has 2 aromatic carbocycles. The van der Waals surface area contributed by atoms with Crippen LogP contribution in [0.15, 0.2) is 54.6 Å². The van der Waals surface area contributed by atoms with Crippen LogP contribution in [0.3, 0.4) is 0 Å². The van der Waals surface area contributed by atoms with Crippen molar-refractivity contribution < 1.29 is 9.47 Å². The van der Waals surface area contributed by atoms with Crippen LogP contribution in [0.1, 0.15) is 30.4 Å². The summed E-state index contributed by atoms with van der Waals surface area (Å²) >= 11 is 0. The monoisotopic (exact) mass is 338 g/mol. The summed E-state index contributed by atoms with van der Waals surface area (Å²) in [6, 6.07) is 19.7. The van der Waals surface area contributed by atoms with E-state index in [9.17, 15) is 0 Å². The smallest absolute Gasteiger partial charge is 0.137 e. The van der Waals surface area contributed by atoms with Crippen molar-refractivity contribution in [1.82, 2.24) is 4.90 Å². The zero-order chi connectivity index (χ0) is 17.2. The molecule has 2 aliphatic heterocycles. The molecule has 0 spiro atoms. The second-order valence-electron chi connectivity index (χ2n) is 6.92. The van der Waals surface area contributed by atoms with E-state index < -0.39 is 0 Å². The molecule has 25 heavy (non-hydrogen) atoms. The normalized spacial score (nSPS) is 27.6.